The van der Waals surface area contributed by atoms with E-state index < -0.39 is 5.91 Å². The zero-order valence-electron chi connectivity index (χ0n) is 15.8. The number of hydrogen-bond donors (Lipinski definition) is 1. The third-order valence-electron chi connectivity index (χ3n) is 4.70. The molecule has 2 aromatic heterocycles. The first kappa shape index (κ1) is 20.2. The minimum Gasteiger partial charge on any atom is -0.364 e. The lowest BCUT2D eigenvalue weighted by molar-refractivity contribution is 0.0983. The number of rotatable bonds is 7. The molecule has 0 saturated heterocycles. The van der Waals surface area contributed by atoms with Crippen LogP contribution in [0, 0.1) is 5.82 Å². The Kier molecular flexibility index (Phi) is 5.93. The molecule has 0 saturated carbocycles. The molecule has 0 aliphatic heterocycles. The van der Waals surface area contributed by atoms with E-state index in [2.05, 4.69) is 20.9 Å². The van der Waals surface area contributed by atoms with Gasteiger partial charge < -0.3 is 10.3 Å². The quantitative estimate of drug-likeness (QED) is 0.538. The molecule has 146 valence electrons. The van der Waals surface area contributed by atoms with Crippen molar-refractivity contribution in [1.29, 1.82) is 0 Å². The Hall–Kier alpha value is -2.54. The first-order valence-electron chi connectivity index (χ1n) is 9.16. The number of hydrogen-bond acceptors (Lipinski definition) is 3. The maximum atomic E-state index is 14.5. The first-order valence-corrected chi connectivity index (χ1v) is 9.95. The maximum absolute atomic E-state index is 14.5. The molecule has 0 unspecified atom stereocenters. The minimum atomic E-state index is -0.648. The van der Waals surface area contributed by atoms with Crippen molar-refractivity contribution in [3.8, 4) is 0 Å². The van der Waals surface area contributed by atoms with Crippen LogP contribution in [0.3, 0.4) is 0 Å². The fourth-order valence-electron chi connectivity index (χ4n) is 3.38. The topological polar surface area (TPSA) is 78.0 Å². The summed E-state index contributed by atoms with van der Waals surface area (Å²) in [5, 5.41) is 0.665. The highest BCUT2D eigenvalue weighted by Crippen LogP contribution is 2.29. The minimum absolute atomic E-state index is 0.00268. The van der Waals surface area contributed by atoms with Crippen LogP contribution in [-0.2, 0) is 13.0 Å². The Morgan fingerprint density at radius 1 is 1.21 bits per heavy atom. The predicted molar refractivity (Wildman–Crippen MR) is 110 cm³/mol. The number of nitrogens with zero attached hydrogens (tertiary/aromatic N) is 2. The van der Waals surface area contributed by atoms with Gasteiger partial charge in [0.15, 0.2) is 5.78 Å². The number of fused-ring (bicyclic) bond motifs is 1. The van der Waals surface area contributed by atoms with Crippen molar-refractivity contribution in [1.82, 2.24) is 9.55 Å². The number of pyridine rings is 1. The van der Waals surface area contributed by atoms with Crippen LogP contribution in [-0.4, -0.2) is 21.2 Å². The lowest BCUT2D eigenvalue weighted by Gasteiger charge is -2.12. The summed E-state index contributed by atoms with van der Waals surface area (Å²) in [4.78, 5) is 28.7. The van der Waals surface area contributed by atoms with Crippen molar-refractivity contribution in [2.75, 3.05) is 0 Å². The molecule has 0 fully saturated rings. The van der Waals surface area contributed by atoms with Crippen LogP contribution in [0.15, 0.2) is 34.8 Å². The molecule has 3 rings (SSSR count). The highest BCUT2D eigenvalue weighted by molar-refractivity contribution is 9.10. The average molecular weight is 446 g/mol. The molecule has 0 atom stereocenters. The summed E-state index contributed by atoms with van der Waals surface area (Å²) in [6.45, 7) is 4.03. The van der Waals surface area contributed by atoms with Crippen LogP contribution < -0.4 is 5.73 Å². The van der Waals surface area contributed by atoms with Gasteiger partial charge in [-0.3, -0.25) is 9.59 Å². The predicted octanol–water partition coefficient (Wildman–Crippen LogP) is 4.63. The van der Waals surface area contributed by atoms with Gasteiger partial charge in [0, 0.05) is 33.1 Å². The summed E-state index contributed by atoms with van der Waals surface area (Å²) in [6, 6.07) is 8.10. The summed E-state index contributed by atoms with van der Waals surface area (Å²) >= 11 is 3.26. The molecule has 28 heavy (non-hydrogen) atoms. The normalized spacial score (nSPS) is 11.1. The van der Waals surface area contributed by atoms with Crippen LogP contribution >= 0.6 is 15.9 Å². The van der Waals surface area contributed by atoms with E-state index in [1.165, 1.54) is 12.1 Å². The standard InChI is InChI=1S/C21H21BrFN3O2/c1-3-5-17-19(18(27)4-2)14-8-9-16(20(24)28)25-21(14)26(17)11-12-6-7-13(22)10-15(12)23/h6-10H,3-5,11H2,1-2H3,(H2,24,28). The summed E-state index contributed by atoms with van der Waals surface area (Å²) in [6.07, 6.45) is 1.80. The summed E-state index contributed by atoms with van der Waals surface area (Å²) in [5.41, 5.74) is 7.85. The van der Waals surface area contributed by atoms with E-state index >= 15 is 0 Å². The van der Waals surface area contributed by atoms with E-state index in [1.54, 1.807) is 25.1 Å². The lowest BCUT2D eigenvalue weighted by Crippen LogP contribution is -2.14. The summed E-state index contributed by atoms with van der Waals surface area (Å²) in [5.74, 6) is -1.00. The molecule has 0 bridgehead atoms. The van der Waals surface area contributed by atoms with Gasteiger partial charge in [0.1, 0.15) is 17.2 Å². The number of primary amides is 1. The number of amides is 1. The third-order valence-corrected chi connectivity index (χ3v) is 5.19. The van der Waals surface area contributed by atoms with E-state index in [4.69, 9.17) is 5.73 Å². The van der Waals surface area contributed by atoms with Crippen molar-refractivity contribution in [2.24, 2.45) is 5.73 Å². The molecule has 0 aliphatic rings. The van der Waals surface area contributed by atoms with Gasteiger partial charge in [0.2, 0.25) is 0 Å². The molecule has 1 amide bonds. The molecular weight excluding hydrogens is 425 g/mol. The molecule has 0 radical (unpaired) electrons. The molecule has 5 nitrogen and oxygen atoms in total. The van der Waals surface area contributed by atoms with E-state index in [0.717, 1.165) is 12.1 Å². The number of carbonyl (C=O) groups excluding carboxylic acids is 2. The Morgan fingerprint density at radius 3 is 2.57 bits per heavy atom. The van der Waals surface area contributed by atoms with Crippen molar-refractivity contribution >= 4 is 38.7 Å². The molecule has 1 aromatic carbocycles. The van der Waals surface area contributed by atoms with Crippen LogP contribution in [0.1, 0.15) is 58.8 Å². The largest absolute Gasteiger partial charge is 0.364 e. The van der Waals surface area contributed by atoms with Crippen molar-refractivity contribution in [3.05, 3.63) is 63.1 Å². The van der Waals surface area contributed by atoms with E-state index in [1.807, 2.05) is 11.5 Å². The highest BCUT2D eigenvalue weighted by atomic mass is 79.9. The first-order chi connectivity index (χ1) is 13.4. The zero-order valence-corrected chi connectivity index (χ0v) is 17.3. The average Bonchev–Trinajstić information content (AvgIpc) is 2.96. The second-order valence-electron chi connectivity index (χ2n) is 6.60. The molecule has 0 spiro atoms. The van der Waals surface area contributed by atoms with Gasteiger partial charge in [0.25, 0.3) is 5.91 Å². The molecular formula is C21H21BrFN3O2. The molecule has 7 heteroatoms. The number of nitrogens with two attached hydrogens (primary N) is 1. The molecule has 2 heterocycles. The second kappa shape index (κ2) is 8.22. The number of aromatic nitrogens is 2. The molecule has 3 aromatic rings. The Bertz CT molecular complexity index is 1080. The van der Waals surface area contributed by atoms with Gasteiger partial charge in [-0.2, -0.15) is 0 Å². The van der Waals surface area contributed by atoms with Crippen LogP contribution in [0.2, 0.25) is 0 Å². The van der Waals surface area contributed by atoms with Crippen molar-refractivity contribution in [2.45, 2.75) is 39.7 Å². The van der Waals surface area contributed by atoms with Gasteiger partial charge >= 0.3 is 0 Å². The monoisotopic (exact) mass is 445 g/mol. The Balaban J connectivity index is 2.30. The van der Waals surface area contributed by atoms with Crippen molar-refractivity contribution in [3.63, 3.8) is 0 Å². The van der Waals surface area contributed by atoms with Crippen LogP contribution in [0.25, 0.3) is 11.0 Å². The SMILES string of the molecule is CCCc1c(C(=O)CC)c2ccc(C(N)=O)nc2n1Cc1ccc(Br)cc1F. The Labute approximate surface area is 170 Å². The van der Waals surface area contributed by atoms with E-state index in [-0.39, 0.29) is 23.8 Å². The maximum Gasteiger partial charge on any atom is 0.267 e. The zero-order chi connectivity index (χ0) is 20.4. The van der Waals surface area contributed by atoms with Gasteiger partial charge in [-0.15, -0.1) is 0 Å². The van der Waals surface area contributed by atoms with Crippen LogP contribution in [0.5, 0.6) is 0 Å². The van der Waals surface area contributed by atoms with Gasteiger partial charge in [0.05, 0.1) is 6.54 Å². The fourth-order valence-corrected chi connectivity index (χ4v) is 3.71. The van der Waals surface area contributed by atoms with E-state index in [9.17, 15) is 14.0 Å². The lowest BCUT2D eigenvalue weighted by atomic mass is 10.0. The van der Waals surface area contributed by atoms with Crippen molar-refractivity contribution < 1.29 is 14.0 Å². The number of ketones is 1. The third kappa shape index (κ3) is 3.71. The van der Waals surface area contributed by atoms with Gasteiger partial charge in [-0.05, 0) is 30.7 Å². The van der Waals surface area contributed by atoms with E-state index in [0.29, 0.717) is 39.5 Å². The van der Waals surface area contributed by atoms with Gasteiger partial charge in [-0.1, -0.05) is 42.3 Å². The number of halogens is 2. The number of Topliss-reactive ketones (excluding diaryl/α,β-unsaturated/α-hetero) is 1. The smallest absolute Gasteiger partial charge is 0.267 e. The number of benzene rings is 1. The molecule has 0 aliphatic carbocycles. The second-order valence-corrected chi connectivity index (χ2v) is 7.52. The Morgan fingerprint density at radius 2 is 1.96 bits per heavy atom. The summed E-state index contributed by atoms with van der Waals surface area (Å²) < 4.78 is 17.0. The van der Waals surface area contributed by atoms with Crippen LogP contribution in [0.4, 0.5) is 4.39 Å². The summed E-state index contributed by atoms with van der Waals surface area (Å²) in [7, 11) is 0. The highest BCUT2D eigenvalue weighted by Gasteiger charge is 2.23. The molecule has 2 N–H and O–H groups in total. The van der Waals surface area contributed by atoms with Gasteiger partial charge in [-0.25, -0.2) is 9.37 Å². The number of carbonyl (C=O) groups is 2. The fraction of sp³-hybridized carbons (Fsp3) is 0.286.